The van der Waals surface area contributed by atoms with Crippen molar-refractivity contribution in [3.63, 3.8) is 0 Å². The van der Waals surface area contributed by atoms with Gasteiger partial charge in [-0.2, -0.15) is 0 Å². The summed E-state index contributed by atoms with van der Waals surface area (Å²) < 4.78 is 0. The molecule has 3 aromatic rings. The van der Waals surface area contributed by atoms with Crippen LogP contribution in [0, 0.1) is 0 Å². The van der Waals surface area contributed by atoms with Crippen LogP contribution in [0.15, 0.2) is 42.5 Å². The van der Waals surface area contributed by atoms with Crippen molar-refractivity contribution >= 4 is 28.4 Å². The van der Waals surface area contributed by atoms with Gasteiger partial charge in [-0.1, -0.05) is 30.7 Å². The van der Waals surface area contributed by atoms with Crippen molar-refractivity contribution in [2.45, 2.75) is 25.8 Å². The predicted molar refractivity (Wildman–Crippen MR) is 99.0 cm³/mol. The molecular formula is C20H19ClN2O2. The zero-order valence-corrected chi connectivity index (χ0v) is 14.7. The van der Waals surface area contributed by atoms with Crippen molar-refractivity contribution in [3.8, 4) is 5.75 Å². The molecule has 128 valence electrons. The van der Waals surface area contributed by atoms with Gasteiger partial charge < -0.3 is 15.0 Å². The second-order valence-corrected chi connectivity index (χ2v) is 6.83. The number of rotatable bonds is 2. The summed E-state index contributed by atoms with van der Waals surface area (Å²) in [7, 11) is 0. The van der Waals surface area contributed by atoms with Gasteiger partial charge in [0.2, 0.25) is 5.91 Å². The number of H-pyrrole nitrogens is 1. The third kappa shape index (κ3) is 2.67. The number of phenols is 1. The van der Waals surface area contributed by atoms with Crippen LogP contribution in [0.25, 0.3) is 10.9 Å². The maximum atomic E-state index is 12.5. The Hall–Kier alpha value is -2.46. The van der Waals surface area contributed by atoms with E-state index in [9.17, 15) is 9.90 Å². The Kier molecular flexibility index (Phi) is 3.92. The van der Waals surface area contributed by atoms with Crippen LogP contribution in [-0.4, -0.2) is 27.4 Å². The van der Waals surface area contributed by atoms with E-state index in [0.717, 1.165) is 28.6 Å². The van der Waals surface area contributed by atoms with E-state index in [2.05, 4.69) is 4.98 Å². The van der Waals surface area contributed by atoms with Crippen molar-refractivity contribution in [3.05, 3.63) is 64.3 Å². The van der Waals surface area contributed by atoms with E-state index in [1.165, 1.54) is 5.56 Å². The summed E-state index contributed by atoms with van der Waals surface area (Å²) in [5.41, 5.74) is 4.13. The topological polar surface area (TPSA) is 56.3 Å². The van der Waals surface area contributed by atoms with E-state index in [0.29, 0.717) is 18.0 Å². The molecule has 2 N–H and O–H groups in total. The lowest BCUT2D eigenvalue weighted by Crippen LogP contribution is -2.40. The lowest BCUT2D eigenvalue weighted by molar-refractivity contribution is -0.133. The molecule has 25 heavy (non-hydrogen) atoms. The molecule has 1 aliphatic heterocycles. The minimum Gasteiger partial charge on any atom is -0.508 e. The van der Waals surface area contributed by atoms with Crippen LogP contribution in [0.3, 0.4) is 0 Å². The van der Waals surface area contributed by atoms with Crippen molar-refractivity contribution < 1.29 is 9.90 Å². The number of carbonyl (C=O) groups excluding carboxylic acids is 1. The predicted octanol–water partition coefficient (Wildman–Crippen LogP) is 4.41. The van der Waals surface area contributed by atoms with Gasteiger partial charge in [0.15, 0.2) is 0 Å². The van der Waals surface area contributed by atoms with Gasteiger partial charge in [-0.25, -0.2) is 0 Å². The van der Waals surface area contributed by atoms with Crippen LogP contribution in [0.2, 0.25) is 5.02 Å². The fourth-order valence-corrected chi connectivity index (χ4v) is 3.95. The monoisotopic (exact) mass is 354 g/mol. The standard InChI is InChI=1S/C20H19ClN2O2/c1-2-18(25)23-9-8-15-16-11-13(21)6-7-17(16)22-19(15)20(23)12-4-3-5-14(24)10-12/h3-7,10-11,20,22,24H,2,8-9H2,1H3. The molecule has 0 spiro atoms. The van der Waals surface area contributed by atoms with Gasteiger partial charge in [-0.15, -0.1) is 0 Å². The molecule has 2 aromatic carbocycles. The highest BCUT2D eigenvalue weighted by molar-refractivity contribution is 6.31. The van der Waals surface area contributed by atoms with Crippen molar-refractivity contribution in [1.82, 2.24) is 9.88 Å². The van der Waals surface area contributed by atoms with E-state index >= 15 is 0 Å². The van der Waals surface area contributed by atoms with Crippen LogP contribution in [0.1, 0.15) is 36.2 Å². The highest BCUT2D eigenvalue weighted by Crippen LogP contribution is 2.39. The normalized spacial score (nSPS) is 16.9. The first-order valence-electron chi connectivity index (χ1n) is 8.47. The van der Waals surface area contributed by atoms with Gasteiger partial charge in [0.05, 0.1) is 6.04 Å². The maximum absolute atomic E-state index is 12.5. The summed E-state index contributed by atoms with van der Waals surface area (Å²) in [4.78, 5) is 17.9. The largest absolute Gasteiger partial charge is 0.508 e. The van der Waals surface area contributed by atoms with Crippen LogP contribution in [0.5, 0.6) is 5.75 Å². The zero-order valence-electron chi connectivity index (χ0n) is 13.9. The summed E-state index contributed by atoms with van der Waals surface area (Å²) in [5.74, 6) is 0.309. The first-order valence-corrected chi connectivity index (χ1v) is 8.84. The number of benzene rings is 2. The van der Waals surface area contributed by atoms with Gasteiger partial charge in [0.25, 0.3) is 0 Å². The van der Waals surface area contributed by atoms with Gasteiger partial charge in [0.1, 0.15) is 5.75 Å². The Labute approximate surface area is 151 Å². The number of hydrogen-bond donors (Lipinski definition) is 2. The Bertz CT molecular complexity index is 963. The molecule has 0 bridgehead atoms. The molecule has 1 amide bonds. The molecule has 0 saturated heterocycles. The first-order chi connectivity index (χ1) is 12.1. The molecule has 4 rings (SSSR count). The average Bonchev–Trinajstić information content (AvgIpc) is 2.98. The van der Waals surface area contributed by atoms with E-state index in [4.69, 9.17) is 11.6 Å². The zero-order chi connectivity index (χ0) is 17.6. The van der Waals surface area contributed by atoms with Crippen LogP contribution in [-0.2, 0) is 11.2 Å². The molecule has 4 nitrogen and oxygen atoms in total. The number of nitrogens with one attached hydrogen (secondary N) is 1. The number of nitrogens with zero attached hydrogens (tertiary/aromatic N) is 1. The average molecular weight is 355 g/mol. The molecule has 1 aromatic heterocycles. The summed E-state index contributed by atoms with van der Waals surface area (Å²) in [6.07, 6.45) is 1.24. The number of amides is 1. The highest BCUT2D eigenvalue weighted by Gasteiger charge is 2.34. The minimum absolute atomic E-state index is 0.107. The van der Waals surface area contributed by atoms with E-state index in [1.54, 1.807) is 12.1 Å². The van der Waals surface area contributed by atoms with Gasteiger partial charge in [-0.05, 0) is 47.9 Å². The summed E-state index contributed by atoms with van der Waals surface area (Å²) >= 11 is 6.18. The highest BCUT2D eigenvalue weighted by atomic mass is 35.5. The molecule has 0 fully saturated rings. The number of aromatic nitrogens is 1. The lowest BCUT2D eigenvalue weighted by atomic mass is 9.92. The number of aromatic amines is 1. The maximum Gasteiger partial charge on any atom is 0.223 e. The molecule has 1 atom stereocenters. The summed E-state index contributed by atoms with van der Waals surface area (Å²) in [6.45, 7) is 2.53. The molecule has 5 heteroatoms. The van der Waals surface area contributed by atoms with Gasteiger partial charge >= 0.3 is 0 Å². The molecule has 1 aliphatic rings. The number of halogens is 1. The third-order valence-electron chi connectivity index (χ3n) is 4.90. The molecule has 2 heterocycles. The number of hydrogen-bond acceptors (Lipinski definition) is 2. The molecule has 0 saturated carbocycles. The molecular weight excluding hydrogens is 336 g/mol. The number of carbonyl (C=O) groups is 1. The fourth-order valence-electron chi connectivity index (χ4n) is 3.77. The van der Waals surface area contributed by atoms with E-state index in [-0.39, 0.29) is 17.7 Å². The summed E-state index contributed by atoms with van der Waals surface area (Å²) in [5, 5.41) is 11.7. The SMILES string of the molecule is CCC(=O)N1CCc2c([nH]c3ccc(Cl)cc23)C1c1cccc(O)c1. The molecule has 0 aliphatic carbocycles. The fraction of sp³-hybridized carbons (Fsp3) is 0.250. The third-order valence-corrected chi connectivity index (χ3v) is 5.13. The van der Waals surface area contributed by atoms with Crippen molar-refractivity contribution in [2.75, 3.05) is 6.54 Å². The Morgan fingerprint density at radius 3 is 2.92 bits per heavy atom. The number of fused-ring (bicyclic) bond motifs is 3. The van der Waals surface area contributed by atoms with Crippen LogP contribution < -0.4 is 0 Å². The molecule has 1 unspecified atom stereocenters. The Morgan fingerprint density at radius 2 is 2.16 bits per heavy atom. The lowest BCUT2D eigenvalue weighted by Gasteiger charge is -2.36. The Morgan fingerprint density at radius 1 is 1.32 bits per heavy atom. The smallest absolute Gasteiger partial charge is 0.223 e. The van der Waals surface area contributed by atoms with Crippen LogP contribution in [0.4, 0.5) is 0 Å². The second kappa shape index (κ2) is 6.12. The van der Waals surface area contributed by atoms with Crippen molar-refractivity contribution in [1.29, 1.82) is 0 Å². The van der Waals surface area contributed by atoms with E-state index in [1.807, 2.05) is 42.2 Å². The number of aromatic hydroxyl groups is 1. The van der Waals surface area contributed by atoms with Crippen molar-refractivity contribution in [2.24, 2.45) is 0 Å². The quantitative estimate of drug-likeness (QED) is 0.716. The Balaban J connectivity index is 1.93. The second-order valence-electron chi connectivity index (χ2n) is 6.40. The van der Waals surface area contributed by atoms with Crippen LogP contribution >= 0.6 is 11.6 Å². The van der Waals surface area contributed by atoms with Gasteiger partial charge in [-0.3, -0.25) is 4.79 Å². The van der Waals surface area contributed by atoms with Gasteiger partial charge in [0, 0.05) is 34.6 Å². The number of phenolic OH excluding ortho intramolecular Hbond substituents is 1. The minimum atomic E-state index is -0.227. The molecule has 0 radical (unpaired) electrons. The van der Waals surface area contributed by atoms with E-state index < -0.39 is 0 Å². The summed E-state index contributed by atoms with van der Waals surface area (Å²) in [6, 6.07) is 12.7. The first kappa shape index (κ1) is 16.0.